The highest BCUT2D eigenvalue weighted by Crippen LogP contribution is 2.29. The topological polar surface area (TPSA) is 133 Å². The molecule has 1 atom stereocenters. The fourth-order valence-corrected chi connectivity index (χ4v) is 5.42. The molecule has 0 bridgehead atoms. The van der Waals surface area contributed by atoms with E-state index >= 15 is 0 Å². The molecule has 3 aromatic carbocycles. The standard InChI is InChI=1S/C25H18N2O6S/c28-23-17-6-1-2-7-18(17)24(29)20-12-15(9-10-19(20)23)34(32,33)27-22(25(30)31)11-14-13-26-21-8-4-3-5-16(14)21/h1-10,12-13,22,26-27H,11H2,(H,30,31)/t22-/m1/s1. The monoisotopic (exact) mass is 474 g/mol. The Labute approximate surface area is 194 Å². The van der Waals surface area contributed by atoms with E-state index in [0.717, 1.165) is 17.0 Å². The maximum Gasteiger partial charge on any atom is 0.322 e. The van der Waals surface area contributed by atoms with E-state index in [2.05, 4.69) is 9.71 Å². The zero-order valence-electron chi connectivity index (χ0n) is 17.6. The van der Waals surface area contributed by atoms with Crippen molar-refractivity contribution in [1.29, 1.82) is 0 Å². The van der Waals surface area contributed by atoms with Crippen molar-refractivity contribution in [2.75, 3.05) is 0 Å². The molecule has 0 amide bonds. The third kappa shape index (κ3) is 3.60. The minimum atomic E-state index is -4.32. The number of benzene rings is 3. The van der Waals surface area contributed by atoms with Gasteiger partial charge in [0.1, 0.15) is 6.04 Å². The molecule has 8 nitrogen and oxygen atoms in total. The molecule has 1 heterocycles. The molecule has 1 aliphatic carbocycles. The first-order valence-electron chi connectivity index (χ1n) is 10.4. The molecule has 4 aromatic rings. The summed E-state index contributed by atoms with van der Waals surface area (Å²) in [6.07, 6.45) is 1.56. The number of hydrogen-bond donors (Lipinski definition) is 3. The van der Waals surface area contributed by atoms with E-state index < -0.39 is 27.8 Å². The van der Waals surface area contributed by atoms with Gasteiger partial charge in [0.25, 0.3) is 0 Å². The van der Waals surface area contributed by atoms with Crippen molar-refractivity contribution in [3.8, 4) is 0 Å². The van der Waals surface area contributed by atoms with Crippen molar-refractivity contribution in [2.45, 2.75) is 17.4 Å². The molecule has 34 heavy (non-hydrogen) atoms. The summed E-state index contributed by atoms with van der Waals surface area (Å²) in [7, 11) is -4.32. The molecule has 0 fully saturated rings. The Balaban J connectivity index is 1.47. The SMILES string of the molecule is O=C1c2ccccc2C(=O)c2cc(S(=O)(=O)N[C@H](Cc3c[nH]c4ccccc34)C(=O)O)ccc21. The highest BCUT2D eigenvalue weighted by Gasteiger charge is 2.32. The fraction of sp³-hybridized carbons (Fsp3) is 0.0800. The van der Waals surface area contributed by atoms with Crippen molar-refractivity contribution < 1.29 is 27.9 Å². The van der Waals surface area contributed by atoms with E-state index in [0.29, 0.717) is 5.56 Å². The molecule has 9 heteroatoms. The summed E-state index contributed by atoms with van der Waals surface area (Å²) in [6, 6.07) is 15.8. The molecule has 0 saturated carbocycles. The highest BCUT2D eigenvalue weighted by atomic mass is 32.2. The quantitative estimate of drug-likeness (QED) is 0.347. The molecule has 0 unspecified atom stereocenters. The maximum atomic E-state index is 13.1. The normalized spacial score (nSPS) is 14.0. The third-order valence-electron chi connectivity index (χ3n) is 5.90. The van der Waals surface area contributed by atoms with Crippen molar-refractivity contribution in [2.24, 2.45) is 0 Å². The predicted molar refractivity (Wildman–Crippen MR) is 123 cm³/mol. The van der Waals surface area contributed by atoms with Crippen LogP contribution in [-0.2, 0) is 21.2 Å². The van der Waals surface area contributed by atoms with Crippen LogP contribution < -0.4 is 4.72 Å². The maximum absolute atomic E-state index is 13.1. The Morgan fingerprint density at radius 2 is 1.50 bits per heavy atom. The van der Waals surface area contributed by atoms with Crippen LogP contribution in [0.1, 0.15) is 37.4 Å². The molecule has 0 spiro atoms. The average molecular weight is 474 g/mol. The molecule has 1 aromatic heterocycles. The van der Waals surface area contributed by atoms with Crippen LogP contribution in [0.3, 0.4) is 0 Å². The van der Waals surface area contributed by atoms with Crippen molar-refractivity contribution in [3.05, 3.63) is 101 Å². The van der Waals surface area contributed by atoms with Gasteiger partial charge < -0.3 is 10.1 Å². The number of rotatable bonds is 6. The van der Waals surface area contributed by atoms with Crippen LogP contribution >= 0.6 is 0 Å². The first kappa shape index (κ1) is 21.7. The summed E-state index contributed by atoms with van der Waals surface area (Å²) < 4.78 is 28.4. The van der Waals surface area contributed by atoms with E-state index in [4.69, 9.17) is 0 Å². The molecular weight excluding hydrogens is 456 g/mol. The third-order valence-corrected chi connectivity index (χ3v) is 7.37. The summed E-state index contributed by atoms with van der Waals surface area (Å²) in [6.45, 7) is 0. The summed E-state index contributed by atoms with van der Waals surface area (Å²) in [5.74, 6) is -2.17. The van der Waals surface area contributed by atoms with E-state index in [9.17, 15) is 27.9 Å². The Morgan fingerprint density at radius 3 is 2.21 bits per heavy atom. The summed E-state index contributed by atoms with van der Waals surface area (Å²) >= 11 is 0. The van der Waals surface area contributed by atoms with Gasteiger partial charge in [-0.25, -0.2) is 8.42 Å². The lowest BCUT2D eigenvalue weighted by atomic mass is 9.84. The van der Waals surface area contributed by atoms with Gasteiger partial charge >= 0.3 is 5.97 Å². The summed E-state index contributed by atoms with van der Waals surface area (Å²) in [4.78, 5) is 40.3. The minimum Gasteiger partial charge on any atom is -0.480 e. The Bertz CT molecular complexity index is 1600. The van der Waals surface area contributed by atoms with E-state index in [1.807, 2.05) is 24.3 Å². The number of hydrogen-bond acceptors (Lipinski definition) is 5. The molecule has 1 aliphatic rings. The van der Waals surface area contributed by atoms with Crippen LogP contribution in [0.2, 0.25) is 0 Å². The second-order valence-corrected chi connectivity index (χ2v) is 9.70. The van der Waals surface area contributed by atoms with Crippen molar-refractivity contribution in [1.82, 2.24) is 9.71 Å². The second kappa shape index (κ2) is 8.05. The van der Waals surface area contributed by atoms with Gasteiger partial charge in [-0.05, 0) is 29.8 Å². The van der Waals surface area contributed by atoms with Gasteiger partial charge in [0.15, 0.2) is 11.6 Å². The Morgan fingerprint density at radius 1 is 0.882 bits per heavy atom. The van der Waals surface area contributed by atoms with Crippen LogP contribution in [0.4, 0.5) is 0 Å². The van der Waals surface area contributed by atoms with Gasteiger partial charge in [0.05, 0.1) is 4.90 Å². The average Bonchev–Trinajstić information content (AvgIpc) is 3.24. The number of para-hydroxylation sites is 1. The highest BCUT2D eigenvalue weighted by molar-refractivity contribution is 7.89. The lowest BCUT2D eigenvalue weighted by Gasteiger charge is -2.19. The van der Waals surface area contributed by atoms with Crippen LogP contribution in [-0.4, -0.2) is 42.1 Å². The Hall–Kier alpha value is -4.08. The number of aliphatic carboxylic acids is 1. The number of carboxylic acid groups (broad SMARTS) is 1. The van der Waals surface area contributed by atoms with E-state index in [-0.39, 0.29) is 39.4 Å². The number of sulfonamides is 1. The fourth-order valence-electron chi connectivity index (χ4n) is 4.20. The van der Waals surface area contributed by atoms with Crippen LogP contribution in [0, 0.1) is 0 Å². The molecule has 170 valence electrons. The lowest BCUT2D eigenvalue weighted by Crippen LogP contribution is -2.42. The van der Waals surface area contributed by atoms with Crippen molar-refractivity contribution in [3.63, 3.8) is 0 Å². The first-order chi connectivity index (χ1) is 16.3. The molecule has 0 radical (unpaired) electrons. The zero-order chi connectivity index (χ0) is 24.0. The van der Waals surface area contributed by atoms with E-state index in [1.54, 1.807) is 24.4 Å². The number of carboxylic acids is 1. The van der Waals surface area contributed by atoms with Crippen molar-refractivity contribution >= 4 is 38.5 Å². The van der Waals surface area contributed by atoms with Gasteiger partial charge in [0, 0.05) is 45.8 Å². The van der Waals surface area contributed by atoms with Gasteiger partial charge in [0.2, 0.25) is 10.0 Å². The molecule has 3 N–H and O–H groups in total. The van der Waals surface area contributed by atoms with Gasteiger partial charge in [-0.2, -0.15) is 4.72 Å². The number of aromatic amines is 1. The molecular formula is C25H18N2O6S. The van der Waals surface area contributed by atoms with Gasteiger partial charge in [-0.15, -0.1) is 0 Å². The number of carbonyl (C=O) groups is 3. The number of fused-ring (bicyclic) bond motifs is 3. The Kier molecular flexibility index (Phi) is 5.15. The molecule has 5 rings (SSSR count). The lowest BCUT2D eigenvalue weighted by molar-refractivity contribution is -0.138. The van der Waals surface area contributed by atoms with Crippen LogP contribution in [0.5, 0.6) is 0 Å². The molecule has 0 aliphatic heterocycles. The number of aromatic nitrogens is 1. The molecule has 0 saturated heterocycles. The number of ketones is 2. The summed E-state index contributed by atoms with van der Waals surface area (Å²) in [5, 5.41) is 10.5. The smallest absolute Gasteiger partial charge is 0.322 e. The van der Waals surface area contributed by atoms with Crippen LogP contribution in [0.15, 0.2) is 77.8 Å². The number of H-pyrrole nitrogens is 1. The number of carbonyl (C=O) groups excluding carboxylic acids is 2. The predicted octanol–water partition coefficient (Wildman–Crippen LogP) is 2.92. The van der Waals surface area contributed by atoms with Gasteiger partial charge in [-0.1, -0.05) is 42.5 Å². The van der Waals surface area contributed by atoms with E-state index in [1.165, 1.54) is 18.2 Å². The summed E-state index contributed by atoms with van der Waals surface area (Å²) in [5.41, 5.74) is 1.99. The van der Waals surface area contributed by atoms with Gasteiger partial charge in [-0.3, -0.25) is 14.4 Å². The number of nitrogens with one attached hydrogen (secondary N) is 2. The largest absolute Gasteiger partial charge is 0.480 e. The minimum absolute atomic E-state index is 0.0323. The second-order valence-electron chi connectivity index (χ2n) is 7.99. The first-order valence-corrected chi connectivity index (χ1v) is 11.9. The zero-order valence-corrected chi connectivity index (χ0v) is 18.4. The van der Waals surface area contributed by atoms with Crippen LogP contribution in [0.25, 0.3) is 10.9 Å².